The van der Waals surface area contributed by atoms with Gasteiger partial charge in [-0.3, -0.25) is 14.4 Å². The number of hydrogen-bond donors (Lipinski definition) is 5. The first-order chi connectivity index (χ1) is 17.1. The second-order valence-corrected chi connectivity index (χ2v) is 10.7. The molecule has 0 aliphatic carbocycles. The average molecular weight is 541 g/mol. The Kier molecular flexibility index (Phi) is 15.2. The molecule has 0 saturated carbocycles. The third-order valence-corrected chi connectivity index (χ3v) is 7.19. The summed E-state index contributed by atoms with van der Waals surface area (Å²) in [6, 6.07) is 5.51. The lowest BCUT2D eigenvalue weighted by Gasteiger charge is -2.28. The second kappa shape index (κ2) is 17.3. The first kappa shape index (κ1) is 31.8. The number of carbonyl (C=O) groups is 4. The van der Waals surface area contributed by atoms with Crippen molar-refractivity contribution in [3.63, 3.8) is 0 Å². The van der Waals surface area contributed by atoms with Crippen molar-refractivity contribution in [3.8, 4) is 0 Å². The van der Waals surface area contributed by atoms with Crippen molar-refractivity contribution in [2.24, 2.45) is 11.7 Å². The van der Waals surface area contributed by atoms with E-state index in [1.165, 1.54) is 11.8 Å². The Bertz CT molecular complexity index is 843. The molecule has 36 heavy (non-hydrogen) atoms. The summed E-state index contributed by atoms with van der Waals surface area (Å²) in [5.41, 5.74) is 6.85. The quantitative estimate of drug-likeness (QED) is 0.200. The summed E-state index contributed by atoms with van der Waals surface area (Å²) in [6.07, 6.45) is 5.31. The first-order valence-electron chi connectivity index (χ1n) is 12.1. The molecular formula is C25H40N4O5S2. The highest BCUT2D eigenvalue weighted by atomic mass is 32.2. The highest BCUT2D eigenvalue weighted by Crippen LogP contribution is 2.12. The average Bonchev–Trinajstić information content (AvgIpc) is 2.87. The number of carbonyl (C=O) groups excluding carboxylic acids is 3. The van der Waals surface area contributed by atoms with E-state index in [1.807, 2.05) is 56.7 Å². The van der Waals surface area contributed by atoms with Crippen molar-refractivity contribution in [1.29, 1.82) is 0 Å². The van der Waals surface area contributed by atoms with E-state index in [0.717, 1.165) is 5.56 Å². The standard InChI is InChI=1S/C25H40N4O5S2/c1-5-16(2)21(24(32)27-19(25(33)34)12-14-36-4)29-23(31)20(15-17-9-7-6-8-10-17)28-22(30)18(26)11-13-35-3/h6-10,16,18-21H,5,11-15,26H2,1-4H3,(H,27,32)(H,28,30)(H,29,31)(H,33,34). The van der Waals surface area contributed by atoms with E-state index in [1.54, 1.807) is 11.8 Å². The van der Waals surface area contributed by atoms with Gasteiger partial charge >= 0.3 is 5.97 Å². The van der Waals surface area contributed by atoms with Gasteiger partial charge < -0.3 is 26.8 Å². The number of nitrogens with two attached hydrogens (primary N) is 1. The van der Waals surface area contributed by atoms with Gasteiger partial charge in [-0.25, -0.2) is 4.79 Å². The van der Waals surface area contributed by atoms with Gasteiger partial charge in [-0.1, -0.05) is 50.6 Å². The van der Waals surface area contributed by atoms with Crippen LogP contribution >= 0.6 is 23.5 Å². The van der Waals surface area contributed by atoms with E-state index < -0.39 is 47.9 Å². The molecule has 1 rings (SSSR count). The lowest BCUT2D eigenvalue weighted by molar-refractivity contribution is -0.142. The molecule has 1 aromatic carbocycles. The summed E-state index contributed by atoms with van der Waals surface area (Å²) in [6.45, 7) is 3.69. The summed E-state index contributed by atoms with van der Waals surface area (Å²) >= 11 is 3.06. The Balaban J connectivity index is 3.08. The van der Waals surface area contributed by atoms with Crippen LogP contribution in [0.4, 0.5) is 0 Å². The fraction of sp³-hybridized carbons (Fsp3) is 0.600. The fourth-order valence-electron chi connectivity index (χ4n) is 3.42. The van der Waals surface area contributed by atoms with E-state index >= 15 is 0 Å². The van der Waals surface area contributed by atoms with Gasteiger partial charge in [-0.05, 0) is 48.3 Å². The maximum atomic E-state index is 13.4. The summed E-state index contributed by atoms with van der Waals surface area (Å²) in [7, 11) is 0. The van der Waals surface area contributed by atoms with Crippen LogP contribution in [0.1, 0.15) is 38.7 Å². The van der Waals surface area contributed by atoms with Gasteiger partial charge in [-0.15, -0.1) is 0 Å². The van der Waals surface area contributed by atoms with E-state index in [0.29, 0.717) is 24.3 Å². The molecule has 5 atom stereocenters. The topological polar surface area (TPSA) is 151 Å². The minimum Gasteiger partial charge on any atom is -0.480 e. The highest BCUT2D eigenvalue weighted by Gasteiger charge is 2.32. The number of carboxylic acids is 1. The van der Waals surface area contributed by atoms with E-state index in [-0.39, 0.29) is 18.8 Å². The predicted octanol–water partition coefficient (Wildman–Crippen LogP) is 1.65. The minimum absolute atomic E-state index is 0.216. The van der Waals surface area contributed by atoms with Gasteiger partial charge in [0.2, 0.25) is 17.7 Å². The van der Waals surface area contributed by atoms with Crippen LogP contribution in [0.2, 0.25) is 0 Å². The van der Waals surface area contributed by atoms with Crippen molar-refractivity contribution >= 4 is 47.2 Å². The highest BCUT2D eigenvalue weighted by molar-refractivity contribution is 7.98. The Hall–Kier alpha value is -2.24. The van der Waals surface area contributed by atoms with E-state index in [2.05, 4.69) is 16.0 Å². The summed E-state index contributed by atoms with van der Waals surface area (Å²) in [5, 5.41) is 17.6. The van der Waals surface area contributed by atoms with Crippen LogP contribution in [0.25, 0.3) is 0 Å². The molecule has 6 N–H and O–H groups in total. The molecule has 3 amide bonds. The zero-order valence-electron chi connectivity index (χ0n) is 21.5. The Labute approximate surface area is 222 Å². The van der Waals surface area contributed by atoms with Crippen LogP contribution in [-0.2, 0) is 25.6 Å². The maximum Gasteiger partial charge on any atom is 0.326 e. The van der Waals surface area contributed by atoms with Gasteiger partial charge in [0.1, 0.15) is 18.1 Å². The van der Waals surface area contributed by atoms with Gasteiger partial charge in [-0.2, -0.15) is 23.5 Å². The molecule has 9 nitrogen and oxygen atoms in total. The zero-order chi connectivity index (χ0) is 27.1. The molecule has 0 radical (unpaired) electrons. The fourth-order valence-corrected chi connectivity index (χ4v) is 4.39. The van der Waals surface area contributed by atoms with Crippen LogP contribution in [-0.4, -0.2) is 77.0 Å². The first-order valence-corrected chi connectivity index (χ1v) is 14.8. The monoisotopic (exact) mass is 540 g/mol. The molecule has 0 saturated heterocycles. The molecule has 0 heterocycles. The number of nitrogens with one attached hydrogen (secondary N) is 3. The second-order valence-electron chi connectivity index (χ2n) is 8.69. The number of hydrogen-bond acceptors (Lipinski definition) is 7. The van der Waals surface area contributed by atoms with Crippen molar-refractivity contribution in [2.45, 2.75) is 63.7 Å². The lowest BCUT2D eigenvalue weighted by atomic mass is 9.96. The van der Waals surface area contributed by atoms with E-state index in [9.17, 15) is 24.3 Å². The Morgan fingerprint density at radius 3 is 2.03 bits per heavy atom. The molecule has 5 unspecified atom stereocenters. The van der Waals surface area contributed by atoms with Crippen LogP contribution in [0.3, 0.4) is 0 Å². The molecule has 11 heteroatoms. The maximum absolute atomic E-state index is 13.4. The van der Waals surface area contributed by atoms with Gasteiger partial charge in [0.25, 0.3) is 0 Å². The summed E-state index contributed by atoms with van der Waals surface area (Å²) in [5.74, 6) is -1.64. The van der Waals surface area contributed by atoms with Crippen molar-refractivity contribution in [2.75, 3.05) is 24.0 Å². The number of thioether (sulfide) groups is 2. The van der Waals surface area contributed by atoms with Crippen LogP contribution < -0.4 is 21.7 Å². The molecule has 0 fully saturated rings. The van der Waals surface area contributed by atoms with Crippen molar-refractivity contribution < 1.29 is 24.3 Å². The molecular weight excluding hydrogens is 500 g/mol. The van der Waals surface area contributed by atoms with Crippen molar-refractivity contribution in [1.82, 2.24) is 16.0 Å². The molecule has 0 aliphatic heterocycles. The number of amides is 3. The predicted molar refractivity (Wildman–Crippen MR) is 147 cm³/mol. The van der Waals surface area contributed by atoms with Gasteiger partial charge in [0.05, 0.1) is 6.04 Å². The number of carboxylic acid groups (broad SMARTS) is 1. The number of rotatable bonds is 17. The van der Waals surface area contributed by atoms with E-state index in [4.69, 9.17) is 5.73 Å². The third-order valence-electron chi connectivity index (χ3n) is 5.90. The Morgan fingerprint density at radius 2 is 1.47 bits per heavy atom. The SMILES string of the molecule is CCC(C)C(NC(=O)C(Cc1ccccc1)NC(=O)C(N)CCSC)C(=O)NC(CCSC)C(=O)O. The molecule has 1 aromatic rings. The molecule has 0 aliphatic rings. The molecule has 202 valence electrons. The van der Waals surface area contributed by atoms with Crippen LogP contribution in [0.5, 0.6) is 0 Å². The largest absolute Gasteiger partial charge is 0.480 e. The normalized spacial score (nSPS) is 15.1. The number of aliphatic carboxylic acids is 1. The lowest BCUT2D eigenvalue weighted by Crippen LogP contribution is -2.59. The van der Waals surface area contributed by atoms with Crippen LogP contribution in [0.15, 0.2) is 30.3 Å². The summed E-state index contributed by atoms with van der Waals surface area (Å²) in [4.78, 5) is 50.8. The molecule has 0 aromatic heterocycles. The smallest absolute Gasteiger partial charge is 0.326 e. The number of benzene rings is 1. The van der Waals surface area contributed by atoms with Crippen LogP contribution in [0, 0.1) is 5.92 Å². The van der Waals surface area contributed by atoms with Gasteiger partial charge in [0.15, 0.2) is 0 Å². The summed E-state index contributed by atoms with van der Waals surface area (Å²) < 4.78 is 0. The van der Waals surface area contributed by atoms with Gasteiger partial charge in [0, 0.05) is 6.42 Å². The van der Waals surface area contributed by atoms with Crippen molar-refractivity contribution in [3.05, 3.63) is 35.9 Å². The molecule has 0 spiro atoms. The minimum atomic E-state index is -1.12. The zero-order valence-corrected chi connectivity index (χ0v) is 23.1. The Morgan fingerprint density at radius 1 is 0.889 bits per heavy atom. The molecule has 0 bridgehead atoms. The third kappa shape index (κ3) is 11.2.